The molecular weight excluding hydrogens is 364 g/mol. The summed E-state index contributed by atoms with van der Waals surface area (Å²) in [6.45, 7) is 6.23. The van der Waals surface area contributed by atoms with Crippen LogP contribution in [-0.4, -0.2) is 47.9 Å². The lowest BCUT2D eigenvalue weighted by Gasteiger charge is -2.30. The highest BCUT2D eigenvalue weighted by Crippen LogP contribution is 2.24. The minimum Gasteiger partial charge on any atom is -0.341 e. The number of piperidine rings is 1. The number of anilines is 1. The smallest absolute Gasteiger partial charge is 0.272 e. The van der Waals surface area contributed by atoms with Crippen LogP contribution >= 0.6 is 0 Å². The van der Waals surface area contributed by atoms with Gasteiger partial charge in [-0.15, -0.1) is 15.3 Å². The Labute approximate surface area is 168 Å². The van der Waals surface area contributed by atoms with Crippen LogP contribution in [0.25, 0.3) is 28.6 Å². The van der Waals surface area contributed by atoms with Crippen LogP contribution in [0.1, 0.15) is 25.5 Å². The van der Waals surface area contributed by atoms with Crippen LogP contribution in [0.2, 0.25) is 0 Å². The van der Waals surface area contributed by atoms with Crippen LogP contribution in [0.15, 0.2) is 42.6 Å². The summed E-state index contributed by atoms with van der Waals surface area (Å²) in [4.78, 5) is 16.0. The fourth-order valence-electron chi connectivity index (χ4n) is 3.65. The number of aromatic nitrogens is 7. The SMILES string of the molecule is Cc1c(-c2ccnc(N3CCC(C)CC3)n2)nnc2nc(-c3ccccc3)nn12. The number of hydrogen-bond acceptors (Lipinski definition) is 7. The zero-order chi connectivity index (χ0) is 19.8. The second-order valence-corrected chi connectivity index (χ2v) is 7.56. The first-order valence-corrected chi connectivity index (χ1v) is 9.93. The van der Waals surface area contributed by atoms with Gasteiger partial charge in [-0.1, -0.05) is 37.3 Å². The quantitative estimate of drug-likeness (QED) is 0.534. The van der Waals surface area contributed by atoms with E-state index in [0.717, 1.165) is 41.9 Å². The molecule has 29 heavy (non-hydrogen) atoms. The average Bonchev–Trinajstić information content (AvgIpc) is 3.21. The lowest BCUT2D eigenvalue weighted by molar-refractivity contribution is 0.434. The maximum Gasteiger partial charge on any atom is 0.272 e. The van der Waals surface area contributed by atoms with Gasteiger partial charge >= 0.3 is 0 Å². The third kappa shape index (κ3) is 3.30. The molecule has 3 aromatic heterocycles. The molecule has 0 atom stereocenters. The van der Waals surface area contributed by atoms with Gasteiger partial charge in [0.15, 0.2) is 5.82 Å². The van der Waals surface area contributed by atoms with E-state index in [1.807, 2.05) is 43.3 Å². The van der Waals surface area contributed by atoms with Gasteiger partial charge in [0.05, 0.1) is 11.4 Å². The summed E-state index contributed by atoms with van der Waals surface area (Å²) in [5.74, 6) is 2.62. The van der Waals surface area contributed by atoms with E-state index in [-0.39, 0.29) is 0 Å². The molecule has 4 aromatic rings. The number of rotatable bonds is 3. The predicted molar refractivity (Wildman–Crippen MR) is 110 cm³/mol. The van der Waals surface area contributed by atoms with Crippen molar-refractivity contribution in [3.8, 4) is 22.8 Å². The standard InChI is InChI=1S/C21H22N8/c1-14-9-12-28(13-10-14)20-22-11-8-17(23-20)18-15(2)29-21(26-25-18)24-19(27-29)16-6-4-3-5-7-16/h3-8,11,14H,9-10,12-13H2,1-2H3. The number of aryl methyl sites for hydroxylation is 1. The molecular formula is C21H22N8. The van der Waals surface area contributed by atoms with Gasteiger partial charge in [-0.05, 0) is 31.7 Å². The zero-order valence-electron chi connectivity index (χ0n) is 16.5. The molecule has 0 amide bonds. The van der Waals surface area contributed by atoms with Crippen LogP contribution in [-0.2, 0) is 0 Å². The molecule has 5 rings (SSSR count). The third-order valence-electron chi connectivity index (χ3n) is 5.47. The van der Waals surface area contributed by atoms with Crippen molar-refractivity contribution in [1.29, 1.82) is 0 Å². The summed E-state index contributed by atoms with van der Waals surface area (Å²) < 4.78 is 1.73. The first-order valence-electron chi connectivity index (χ1n) is 9.93. The van der Waals surface area contributed by atoms with Crippen LogP contribution < -0.4 is 4.90 Å². The lowest BCUT2D eigenvalue weighted by Crippen LogP contribution is -2.34. The molecule has 0 bridgehead atoms. The molecule has 1 aliphatic rings. The van der Waals surface area contributed by atoms with E-state index in [2.05, 4.69) is 37.1 Å². The Hall–Kier alpha value is -3.42. The fourth-order valence-corrected chi connectivity index (χ4v) is 3.65. The molecule has 0 N–H and O–H groups in total. The van der Waals surface area contributed by atoms with Crippen LogP contribution in [0.4, 0.5) is 5.95 Å². The van der Waals surface area contributed by atoms with Gasteiger partial charge in [0.2, 0.25) is 5.95 Å². The Kier molecular flexibility index (Phi) is 4.38. The minimum absolute atomic E-state index is 0.476. The molecule has 8 nitrogen and oxygen atoms in total. The maximum atomic E-state index is 4.78. The fraction of sp³-hybridized carbons (Fsp3) is 0.333. The molecule has 4 heterocycles. The van der Waals surface area contributed by atoms with Crippen LogP contribution in [0.3, 0.4) is 0 Å². The molecule has 0 unspecified atom stereocenters. The number of fused-ring (bicyclic) bond motifs is 1. The van der Waals surface area contributed by atoms with Gasteiger partial charge in [0.1, 0.15) is 5.69 Å². The predicted octanol–water partition coefficient (Wildman–Crippen LogP) is 3.19. The monoisotopic (exact) mass is 386 g/mol. The average molecular weight is 386 g/mol. The zero-order valence-corrected chi connectivity index (χ0v) is 16.5. The van der Waals surface area contributed by atoms with Crippen molar-refractivity contribution < 1.29 is 0 Å². The maximum absolute atomic E-state index is 4.78. The van der Waals surface area contributed by atoms with E-state index < -0.39 is 0 Å². The Morgan fingerprint density at radius 3 is 2.55 bits per heavy atom. The van der Waals surface area contributed by atoms with Crippen molar-refractivity contribution in [2.75, 3.05) is 18.0 Å². The van der Waals surface area contributed by atoms with Gasteiger partial charge in [-0.2, -0.15) is 9.50 Å². The molecule has 0 aliphatic carbocycles. The number of hydrogen-bond donors (Lipinski definition) is 0. The summed E-state index contributed by atoms with van der Waals surface area (Å²) >= 11 is 0. The van der Waals surface area contributed by atoms with E-state index in [1.54, 1.807) is 10.7 Å². The second-order valence-electron chi connectivity index (χ2n) is 7.56. The Bertz CT molecular complexity index is 1150. The molecule has 1 aromatic carbocycles. The van der Waals surface area contributed by atoms with Gasteiger partial charge in [-0.25, -0.2) is 9.97 Å². The van der Waals surface area contributed by atoms with Crippen molar-refractivity contribution in [3.05, 3.63) is 48.3 Å². The molecule has 8 heteroatoms. The highest BCUT2D eigenvalue weighted by Gasteiger charge is 2.20. The topological polar surface area (TPSA) is 85.0 Å². The van der Waals surface area contributed by atoms with Crippen LogP contribution in [0.5, 0.6) is 0 Å². The van der Waals surface area contributed by atoms with E-state index in [4.69, 9.17) is 4.98 Å². The Morgan fingerprint density at radius 1 is 0.966 bits per heavy atom. The van der Waals surface area contributed by atoms with Gasteiger partial charge in [-0.3, -0.25) is 0 Å². The van der Waals surface area contributed by atoms with E-state index in [9.17, 15) is 0 Å². The van der Waals surface area contributed by atoms with Crippen molar-refractivity contribution in [2.45, 2.75) is 26.7 Å². The third-order valence-corrected chi connectivity index (χ3v) is 5.47. The number of nitrogens with zero attached hydrogens (tertiary/aromatic N) is 8. The normalized spacial score (nSPS) is 15.2. The summed E-state index contributed by atoms with van der Waals surface area (Å²) in [5.41, 5.74) is 3.23. The van der Waals surface area contributed by atoms with Crippen molar-refractivity contribution in [3.63, 3.8) is 0 Å². The largest absolute Gasteiger partial charge is 0.341 e. The second kappa shape index (κ2) is 7.20. The van der Waals surface area contributed by atoms with Crippen LogP contribution in [0, 0.1) is 12.8 Å². The molecule has 1 aliphatic heterocycles. The lowest BCUT2D eigenvalue weighted by atomic mass is 10.00. The first kappa shape index (κ1) is 17.7. The highest BCUT2D eigenvalue weighted by atomic mass is 15.4. The summed E-state index contributed by atoms with van der Waals surface area (Å²) in [6.07, 6.45) is 4.12. The summed E-state index contributed by atoms with van der Waals surface area (Å²) in [5, 5.41) is 13.3. The molecule has 1 fully saturated rings. The first-order chi connectivity index (χ1) is 14.2. The number of benzene rings is 1. The molecule has 1 saturated heterocycles. The van der Waals surface area contributed by atoms with Crippen molar-refractivity contribution >= 4 is 11.7 Å². The molecule has 0 saturated carbocycles. The van der Waals surface area contributed by atoms with E-state index in [1.165, 1.54) is 12.8 Å². The van der Waals surface area contributed by atoms with Gasteiger partial charge < -0.3 is 4.90 Å². The summed E-state index contributed by atoms with van der Waals surface area (Å²) in [7, 11) is 0. The molecule has 146 valence electrons. The Morgan fingerprint density at radius 2 is 1.76 bits per heavy atom. The minimum atomic E-state index is 0.476. The molecule has 0 radical (unpaired) electrons. The van der Waals surface area contributed by atoms with Gasteiger partial charge in [0.25, 0.3) is 5.78 Å². The molecule has 0 spiro atoms. The van der Waals surface area contributed by atoms with E-state index in [0.29, 0.717) is 17.3 Å². The van der Waals surface area contributed by atoms with Gasteiger partial charge in [0, 0.05) is 24.8 Å². The van der Waals surface area contributed by atoms with Crippen molar-refractivity contribution in [1.82, 2.24) is 34.8 Å². The van der Waals surface area contributed by atoms with Crippen molar-refractivity contribution in [2.24, 2.45) is 5.92 Å². The van der Waals surface area contributed by atoms with E-state index >= 15 is 0 Å². The Balaban J connectivity index is 1.52. The highest BCUT2D eigenvalue weighted by molar-refractivity contribution is 5.61. The summed E-state index contributed by atoms with van der Waals surface area (Å²) in [6, 6.07) is 11.7.